The molecule has 100 valence electrons. The van der Waals surface area contributed by atoms with Crippen molar-refractivity contribution >= 4 is 17.6 Å². The second-order valence-electron chi connectivity index (χ2n) is 4.72. The van der Waals surface area contributed by atoms with E-state index in [1.54, 1.807) is 0 Å². The van der Waals surface area contributed by atoms with Crippen LogP contribution in [-0.2, 0) is 10.5 Å². The number of rotatable bonds is 4. The molecule has 18 heavy (non-hydrogen) atoms. The lowest BCUT2D eigenvalue weighted by molar-refractivity contribution is 0.122. The van der Waals surface area contributed by atoms with Crippen molar-refractivity contribution in [2.45, 2.75) is 31.8 Å². The molecule has 2 heterocycles. The van der Waals surface area contributed by atoms with E-state index in [1.807, 2.05) is 18.7 Å². The van der Waals surface area contributed by atoms with Crippen LogP contribution in [0, 0.1) is 6.92 Å². The maximum atomic E-state index is 5.37. The van der Waals surface area contributed by atoms with Crippen LogP contribution < -0.4 is 4.90 Å². The standard InChI is InChI=1S/C13H21N3OS/c1-10(2)18-9-12-8-13(15-11(3)14-12)16-4-6-17-7-5-16/h8,10H,4-7,9H2,1-3H3. The van der Waals surface area contributed by atoms with Gasteiger partial charge >= 0.3 is 0 Å². The van der Waals surface area contributed by atoms with Crippen molar-refractivity contribution in [2.24, 2.45) is 0 Å². The Bertz CT molecular complexity index is 392. The first kappa shape index (κ1) is 13.6. The second kappa shape index (κ2) is 6.38. The predicted octanol–water partition coefficient (Wildman–Crippen LogP) is 2.26. The zero-order valence-electron chi connectivity index (χ0n) is 11.3. The third kappa shape index (κ3) is 3.85. The van der Waals surface area contributed by atoms with Crippen molar-refractivity contribution < 1.29 is 4.74 Å². The van der Waals surface area contributed by atoms with Gasteiger partial charge in [0.05, 0.1) is 18.9 Å². The van der Waals surface area contributed by atoms with Gasteiger partial charge in [-0.15, -0.1) is 0 Å². The van der Waals surface area contributed by atoms with Gasteiger partial charge in [-0.3, -0.25) is 0 Å². The third-order valence-electron chi connectivity index (χ3n) is 2.78. The summed E-state index contributed by atoms with van der Waals surface area (Å²) in [5.41, 5.74) is 1.13. The number of aromatic nitrogens is 2. The van der Waals surface area contributed by atoms with Crippen LogP contribution in [0.1, 0.15) is 25.4 Å². The fraction of sp³-hybridized carbons (Fsp3) is 0.692. The van der Waals surface area contributed by atoms with Crippen molar-refractivity contribution in [3.05, 3.63) is 17.6 Å². The lowest BCUT2D eigenvalue weighted by atomic mass is 10.3. The zero-order chi connectivity index (χ0) is 13.0. The number of morpholine rings is 1. The van der Waals surface area contributed by atoms with Crippen LogP contribution in [0.5, 0.6) is 0 Å². The maximum Gasteiger partial charge on any atom is 0.132 e. The van der Waals surface area contributed by atoms with Crippen molar-refractivity contribution in [1.29, 1.82) is 0 Å². The molecule has 0 unspecified atom stereocenters. The number of aryl methyl sites for hydroxylation is 1. The van der Waals surface area contributed by atoms with E-state index in [-0.39, 0.29) is 0 Å². The summed E-state index contributed by atoms with van der Waals surface area (Å²) in [6, 6.07) is 2.12. The molecule has 2 rings (SSSR count). The highest BCUT2D eigenvalue weighted by Crippen LogP contribution is 2.20. The minimum atomic E-state index is 0.632. The van der Waals surface area contributed by atoms with Gasteiger partial charge in [-0.25, -0.2) is 9.97 Å². The van der Waals surface area contributed by atoms with E-state index in [4.69, 9.17) is 4.74 Å². The molecule has 0 aromatic carbocycles. The number of hydrogen-bond donors (Lipinski definition) is 0. The van der Waals surface area contributed by atoms with Crippen LogP contribution in [0.3, 0.4) is 0 Å². The SMILES string of the molecule is Cc1nc(CSC(C)C)cc(N2CCOCC2)n1. The highest BCUT2D eigenvalue weighted by atomic mass is 32.2. The molecule has 1 fully saturated rings. The molecule has 5 heteroatoms. The average molecular weight is 267 g/mol. The summed E-state index contributed by atoms with van der Waals surface area (Å²) in [6.45, 7) is 9.81. The summed E-state index contributed by atoms with van der Waals surface area (Å²) in [7, 11) is 0. The maximum absolute atomic E-state index is 5.37. The van der Waals surface area contributed by atoms with E-state index >= 15 is 0 Å². The molecule has 0 N–H and O–H groups in total. The summed E-state index contributed by atoms with van der Waals surface area (Å²) in [6.07, 6.45) is 0. The highest BCUT2D eigenvalue weighted by Gasteiger charge is 2.14. The first-order chi connectivity index (χ1) is 8.65. The Morgan fingerprint density at radius 1 is 1.33 bits per heavy atom. The van der Waals surface area contributed by atoms with Gasteiger partial charge in [-0.05, 0) is 12.2 Å². The molecular weight excluding hydrogens is 246 g/mol. The summed E-state index contributed by atoms with van der Waals surface area (Å²) in [5, 5.41) is 0.632. The van der Waals surface area contributed by atoms with Crippen molar-refractivity contribution in [3.63, 3.8) is 0 Å². The fourth-order valence-electron chi connectivity index (χ4n) is 1.89. The van der Waals surface area contributed by atoms with Gasteiger partial charge in [0.1, 0.15) is 11.6 Å². The Kier molecular flexibility index (Phi) is 4.83. The van der Waals surface area contributed by atoms with E-state index in [0.717, 1.165) is 49.4 Å². The number of hydrogen-bond acceptors (Lipinski definition) is 5. The Morgan fingerprint density at radius 3 is 2.72 bits per heavy atom. The predicted molar refractivity (Wildman–Crippen MR) is 76.2 cm³/mol. The normalized spacial score (nSPS) is 16.3. The Labute approximate surface area is 113 Å². The van der Waals surface area contributed by atoms with Gasteiger partial charge in [0.2, 0.25) is 0 Å². The number of anilines is 1. The monoisotopic (exact) mass is 267 g/mol. The van der Waals surface area contributed by atoms with Crippen molar-refractivity contribution in [1.82, 2.24) is 9.97 Å². The topological polar surface area (TPSA) is 38.2 Å². The molecule has 0 bridgehead atoms. The second-order valence-corrected chi connectivity index (χ2v) is 6.29. The quantitative estimate of drug-likeness (QED) is 0.836. The van der Waals surface area contributed by atoms with Crippen molar-refractivity contribution in [3.8, 4) is 0 Å². The Morgan fingerprint density at radius 2 is 2.06 bits per heavy atom. The molecule has 0 spiro atoms. The summed E-state index contributed by atoms with van der Waals surface area (Å²) in [5.74, 6) is 2.86. The molecular formula is C13H21N3OS. The number of ether oxygens (including phenoxy) is 1. The van der Waals surface area contributed by atoms with Crippen LogP contribution in [0.15, 0.2) is 6.07 Å². The summed E-state index contributed by atoms with van der Waals surface area (Å²) >= 11 is 1.91. The lowest BCUT2D eigenvalue weighted by Gasteiger charge is -2.28. The number of nitrogens with zero attached hydrogens (tertiary/aromatic N) is 3. The van der Waals surface area contributed by atoms with Crippen LogP contribution >= 0.6 is 11.8 Å². The van der Waals surface area contributed by atoms with Gasteiger partial charge in [0, 0.05) is 24.9 Å². The molecule has 0 radical (unpaired) electrons. The number of thioether (sulfide) groups is 1. The van der Waals surface area contributed by atoms with Gasteiger partial charge in [0.15, 0.2) is 0 Å². The van der Waals surface area contributed by atoms with E-state index in [9.17, 15) is 0 Å². The van der Waals surface area contributed by atoms with Gasteiger partial charge < -0.3 is 9.64 Å². The smallest absolute Gasteiger partial charge is 0.132 e. The molecule has 1 aromatic rings. The third-order valence-corrected chi connectivity index (χ3v) is 3.91. The molecule has 1 aromatic heterocycles. The zero-order valence-corrected chi connectivity index (χ0v) is 12.2. The van der Waals surface area contributed by atoms with E-state index in [2.05, 4.69) is 34.8 Å². The highest BCUT2D eigenvalue weighted by molar-refractivity contribution is 7.99. The van der Waals surface area contributed by atoms with Crippen LogP contribution in [0.25, 0.3) is 0 Å². The molecule has 1 aliphatic heterocycles. The average Bonchev–Trinajstić information content (AvgIpc) is 2.37. The Balaban J connectivity index is 2.09. The largest absolute Gasteiger partial charge is 0.378 e. The van der Waals surface area contributed by atoms with E-state index in [0.29, 0.717) is 5.25 Å². The first-order valence-electron chi connectivity index (χ1n) is 6.44. The molecule has 1 aliphatic rings. The van der Waals surface area contributed by atoms with Crippen molar-refractivity contribution in [2.75, 3.05) is 31.2 Å². The van der Waals surface area contributed by atoms with Gasteiger partial charge in [0.25, 0.3) is 0 Å². The fourth-order valence-corrected chi connectivity index (χ4v) is 2.54. The first-order valence-corrected chi connectivity index (χ1v) is 7.49. The lowest BCUT2D eigenvalue weighted by Crippen LogP contribution is -2.37. The molecule has 0 atom stereocenters. The van der Waals surface area contributed by atoms with E-state index in [1.165, 1.54) is 0 Å². The summed E-state index contributed by atoms with van der Waals surface area (Å²) in [4.78, 5) is 11.3. The van der Waals surface area contributed by atoms with Crippen LogP contribution in [-0.4, -0.2) is 41.5 Å². The molecule has 4 nitrogen and oxygen atoms in total. The van der Waals surface area contributed by atoms with Crippen LogP contribution in [0.4, 0.5) is 5.82 Å². The van der Waals surface area contributed by atoms with Gasteiger partial charge in [-0.1, -0.05) is 13.8 Å². The van der Waals surface area contributed by atoms with Gasteiger partial charge in [-0.2, -0.15) is 11.8 Å². The van der Waals surface area contributed by atoms with E-state index < -0.39 is 0 Å². The molecule has 1 saturated heterocycles. The Hall–Kier alpha value is -0.810. The summed E-state index contributed by atoms with van der Waals surface area (Å²) < 4.78 is 5.37. The molecule has 0 amide bonds. The molecule has 0 aliphatic carbocycles. The minimum absolute atomic E-state index is 0.632. The molecule has 0 saturated carbocycles. The van der Waals surface area contributed by atoms with Crippen LogP contribution in [0.2, 0.25) is 0 Å². The minimum Gasteiger partial charge on any atom is -0.378 e.